The Hall–Kier alpha value is -3.29. The van der Waals surface area contributed by atoms with Gasteiger partial charge in [0.05, 0.1) is 0 Å². The van der Waals surface area contributed by atoms with Crippen LogP contribution in [0, 0.1) is 17.9 Å². The molecule has 0 saturated heterocycles. The van der Waals surface area contributed by atoms with E-state index in [4.69, 9.17) is 1.37 Å². The van der Waals surface area contributed by atoms with Crippen molar-refractivity contribution in [3.63, 3.8) is 0 Å². The van der Waals surface area contributed by atoms with Crippen molar-refractivity contribution in [2.24, 2.45) is 0 Å². The van der Waals surface area contributed by atoms with Crippen LogP contribution in [0.3, 0.4) is 0 Å². The van der Waals surface area contributed by atoms with E-state index >= 15 is 0 Å². The van der Waals surface area contributed by atoms with Crippen molar-refractivity contribution >= 4 is 0 Å². The van der Waals surface area contributed by atoms with Gasteiger partial charge in [-0.15, -0.1) is 5.92 Å². The van der Waals surface area contributed by atoms with Gasteiger partial charge in [-0.25, -0.2) is 0 Å². The highest BCUT2D eigenvalue weighted by atomic mass is 14.6. The molecule has 1 aliphatic carbocycles. The normalized spacial score (nSPS) is 14.9. The van der Waals surface area contributed by atoms with Crippen molar-refractivity contribution in [2.75, 3.05) is 7.05 Å². The summed E-state index contributed by atoms with van der Waals surface area (Å²) < 4.78 is 8.98. The Bertz CT molecular complexity index is 1190. The molecule has 1 saturated carbocycles. The molecule has 0 atom stereocenters. The number of nitrogens with zero attached hydrogens (tertiary/aromatic N) is 1. The fourth-order valence-electron chi connectivity index (χ4n) is 4.08. The summed E-state index contributed by atoms with van der Waals surface area (Å²) in [5, 5.41) is 0. The lowest BCUT2D eigenvalue weighted by atomic mass is 9.91. The van der Waals surface area contributed by atoms with Gasteiger partial charge in [-0.3, -0.25) is 0 Å². The molecular formula is C28H26N+. The molecule has 0 aliphatic heterocycles. The van der Waals surface area contributed by atoms with Crippen LogP contribution in [0.4, 0.5) is 0 Å². The molecule has 1 heteroatoms. The van der Waals surface area contributed by atoms with Gasteiger partial charge < -0.3 is 0 Å². The van der Waals surface area contributed by atoms with E-state index in [0.717, 1.165) is 64.6 Å². The molecule has 1 fully saturated rings. The molecule has 3 aromatic rings. The Balaban J connectivity index is 1.79. The van der Waals surface area contributed by atoms with Gasteiger partial charge in [-0.1, -0.05) is 60.0 Å². The first-order chi connectivity index (χ1) is 14.6. The highest BCUT2D eigenvalue weighted by Gasteiger charge is 2.19. The molecule has 0 N–H and O–H groups in total. The zero-order valence-electron chi connectivity index (χ0n) is 18.1. The molecule has 4 rings (SSSR count). The predicted molar refractivity (Wildman–Crippen MR) is 123 cm³/mol. The van der Waals surface area contributed by atoms with Crippen LogP contribution in [-0.4, -0.2) is 7.05 Å². The minimum atomic E-state index is -0.495. The first-order valence-electron chi connectivity index (χ1n) is 10.8. The lowest BCUT2D eigenvalue weighted by Gasteiger charge is -2.13. The van der Waals surface area contributed by atoms with E-state index in [1.807, 2.05) is 13.0 Å². The number of hydrogen-bond donors (Lipinski definition) is 0. The van der Waals surface area contributed by atoms with E-state index in [0.29, 0.717) is 0 Å². The van der Waals surface area contributed by atoms with E-state index in [2.05, 4.69) is 83.4 Å². The van der Waals surface area contributed by atoms with Crippen LogP contribution in [0.5, 0.6) is 0 Å². The van der Waals surface area contributed by atoms with Gasteiger partial charge in [0.15, 0.2) is 0 Å². The predicted octanol–water partition coefficient (Wildman–Crippen LogP) is 7.36. The topological polar surface area (TPSA) is 4.36 Å². The minimum absolute atomic E-state index is 0.495. The number of hydrogen-bond acceptors (Lipinski definition) is 0. The Kier molecular flexibility index (Phi) is 5.40. The Morgan fingerprint density at radius 1 is 0.828 bits per heavy atom. The fraction of sp³-hybridized carbons (Fsp3) is 0.250. The quantitative estimate of drug-likeness (QED) is 0.420. The monoisotopic (exact) mass is 377 g/mol. The summed E-state index contributed by atoms with van der Waals surface area (Å²) in [5.74, 6) is 5.61. The van der Waals surface area contributed by atoms with Crippen LogP contribution in [-0.2, 0) is 0 Å². The van der Waals surface area contributed by atoms with E-state index in [9.17, 15) is 0 Å². The van der Waals surface area contributed by atoms with Gasteiger partial charge in [0.2, 0.25) is 0 Å². The zero-order chi connectivity index (χ0) is 21.0. The molecule has 29 heavy (non-hydrogen) atoms. The van der Waals surface area contributed by atoms with Crippen LogP contribution in [0.2, 0.25) is 0 Å². The molecule has 142 valence electrons. The summed E-state index contributed by atoms with van der Waals surface area (Å²) in [4.78, 5) is 4.10. The van der Waals surface area contributed by atoms with Gasteiger partial charge in [0, 0.05) is 6.93 Å². The summed E-state index contributed by atoms with van der Waals surface area (Å²) in [7, 11) is 1.74. The third-order valence-corrected chi connectivity index (χ3v) is 5.45. The molecule has 1 aliphatic rings. The second kappa shape index (κ2) is 8.81. The smallest absolute Gasteiger partial charge is 0.101 e. The number of rotatable bonds is 3. The van der Waals surface area contributed by atoms with Gasteiger partial charge in [0.25, 0.3) is 7.05 Å². The van der Waals surface area contributed by atoms with Crippen LogP contribution < -0.4 is 0 Å². The summed E-state index contributed by atoms with van der Waals surface area (Å²) in [6, 6.07) is 26.4. The lowest BCUT2D eigenvalue weighted by Crippen LogP contribution is -1.94. The van der Waals surface area contributed by atoms with Crippen LogP contribution in [0.25, 0.3) is 27.1 Å². The molecule has 0 unspecified atom stereocenters. The van der Waals surface area contributed by atoms with Gasteiger partial charge in [-0.2, -0.15) is 0 Å². The standard InChI is InChI=1S/C28H26N/c1-3-8-21-9-6-12-24(15-21)25-13-7-14-26(18-25)28-17-22(20-29-2)16-27(19-28)23-10-4-5-11-23/h6-7,9,12-19,23H,4-5,10-11H2,1-2H3/q+1/i23D. The maximum atomic E-state index is 8.98. The van der Waals surface area contributed by atoms with Gasteiger partial charge in [0.1, 0.15) is 5.56 Å². The van der Waals surface area contributed by atoms with Crippen LogP contribution in [0.1, 0.15) is 56.6 Å². The van der Waals surface area contributed by atoms with Crippen molar-refractivity contribution in [3.8, 4) is 40.2 Å². The lowest BCUT2D eigenvalue weighted by molar-refractivity contribution is 0.723. The average molecular weight is 378 g/mol. The third kappa shape index (κ3) is 4.42. The molecule has 0 spiro atoms. The summed E-state index contributed by atoms with van der Waals surface area (Å²) in [6.45, 7) is 1.86. The van der Waals surface area contributed by atoms with Crippen molar-refractivity contribution in [3.05, 3.63) is 88.3 Å². The SMILES string of the molecule is [2H]C1(c2cc(C#[N+]C)cc(-c3cccc(-c4cccc(C#CC)c4)c3)c2)CCCC1. The van der Waals surface area contributed by atoms with Crippen LogP contribution >= 0.6 is 0 Å². The first-order valence-corrected chi connectivity index (χ1v) is 10.3. The van der Waals surface area contributed by atoms with E-state index in [1.54, 1.807) is 7.05 Å². The first kappa shape index (κ1) is 17.8. The molecule has 3 aromatic carbocycles. The largest absolute Gasteiger partial charge is 0.310 e. The summed E-state index contributed by atoms with van der Waals surface area (Å²) in [6.07, 6.45) is 4.09. The highest BCUT2D eigenvalue weighted by molar-refractivity contribution is 5.75. The van der Waals surface area contributed by atoms with Crippen molar-refractivity contribution < 1.29 is 1.37 Å². The Morgan fingerprint density at radius 3 is 2.21 bits per heavy atom. The fourth-order valence-corrected chi connectivity index (χ4v) is 4.08. The second-order valence-corrected chi connectivity index (χ2v) is 7.48. The third-order valence-electron chi connectivity index (χ3n) is 5.45. The molecule has 0 bridgehead atoms. The molecule has 1 nitrogen and oxygen atoms in total. The summed E-state index contributed by atoms with van der Waals surface area (Å²) in [5.41, 5.74) is 7.61. The minimum Gasteiger partial charge on any atom is -0.101 e. The maximum absolute atomic E-state index is 8.98. The maximum Gasteiger partial charge on any atom is 0.310 e. The van der Waals surface area contributed by atoms with Crippen LogP contribution in [0.15, 0.2) is 66.7 Å². The Labute approximate surface area is 175 Å². The molecule has 0 radical (unpaired) electrons. The summed E-state index contributed by atoms with van der Waals surface area (Å²) >= 11 is 0. The van der Waals surface area contributed by atoms with E-state index in [1.165, 1.54) is 0 Å². The van der Waals surface area contributed by atoms with Crippen molar-refractivity contribution in [1.82, 2.24) is 0 Å². The molecular weight excluding hydrogens is 350 g/mol. The molecule has 0 amide bonds. The Morgan fingerprint density at radius 2 is 1.48 bits per heavy atom. The number of benzene rings is 3. The van der Waals surface area contributed by atoms with Crippen molar-refractivity contribution in [2.45, 2.75) is 38.5 Å². The van der Waals surface area contributed by atoms with E-state index in [-0.39, 0.29) is 0 Å². The molecule has 0 aromatic heterocycles. The van der Waals surface area contributed by atoms with E-state index < -0.39 is 5.89 Å². The zero-order valence-corrected chi connectivity index (χ0v) is 17.1. The van der Waals surface area contributed by atoms with Gasteiger partial charge >= 0.3 is 6.07 Å². The highest BCUT2D eigenvalue weighted by Crippen LogP contribution is 2.37. The second-order valence-electron chi connectivity index (χ2n) is 7.48. The van der Waals surface area contributed by atoms with Crippen molar-refractivity contribution in [1.29, 1.82) is 0 Å². The molecule has 0 heterocycles. The van der Waals surface area contributed by atoms with Gasteiger partial charge in [-0.05, 0) is 83.8 Å². The average Bonchev–Trinajstić information content (AvgIpc) is 3.22.